The quantitative estimate of drug-likeness (QED) is 0.490. The molecular formula is C22H20FN5O. The summed E-state index contributed by atoms with van der Waals surface area (Å²) in [5.74, 6) is 0.124. The van der Waals surface area contributed by atoms with Crippen molar-refractivity contribution in [3.05, 3.63) is 60.3 Å². The number of rotatable bonds is 4. The van der Waals surface area contributed by atoms with Gasteiger partial charge in [0.2, 0.25) is 0 Å². The van der Waals surface area contributed by atoms with Crippen LogP contribution in [0.15, 0.2) is 48.8 Å². The Balaban J connectivity index is 1.57. The third-order valence-electron chi connectivity index (χ3n) is 5.23. The van der Waals surface area contributed by atoms with E-state index in [0.29, 0.717) is 11.3 Å². The molecule has 0 amide bonds. The summed E-state index contributed by atoms with van der Waals surface area (Å²) in [6, 6.07) is 8.74. The van der Waals surface area contributed by atoms with Gasteiger partial charge in [-0.05, 0) is 48.4 Å². The van der Waals surface area contributed by atoms with Gasteiger partial charge in [-0.1, -0.05) is 6.08 Å². The first-order chi connectivity index (χ1) is 14.2. The SMILES string of the molecule is COc1cc(F)cc(-c2cncc3[nH]c(-c4cc(C5=CCNCC5)[nH]n4)cc23)c1. The van der Waals surface area contributed by atoms with E-state index in [1.165, 1.54) is 24.8 Å². The molecule has 1 aromatic carbocycles. The molecule has 6 nitrogen and oxygen atoms in total. The summed E-state index contributed by atoms with van der Waals surface area (Å²) < 4.78 is 19.2. The molecule has 1 aliphatic heterocycles. The van der Waals surface area contributed by atoms with Crippen LogP contribution in [-0.4, -0.2) is 40.4 Å². The molecule has 0 unspecified atom stereocenters. The number of nitrogens with one attached hydrogen (secondary N) is 3. The lowest BCUT2D eigenvalue weighted by Crippen LogP contribution is -2.20. The number of halogens is 1. The van der Waals surface area contributed by atoms with Crippen LogP contribution in [0.4, 0.5) is 4.39 Å². The molecule has 1 aliphatic rings. The number of fused-ring (bicyclic) bond motifs is 1. The van der Waals surface area contributed by atoms with E-state index in [-0.39, 0.29) is 5.82 Å². The van der Waals surface area contributed by atoms with Crippen LogP contribution in [0, 0.1) is 5.82 Å². The summed E-state index contributed by atoms with van der Waals surface area (Å²) in [6.45, 7) is 1.85. The average Bonchev–Trinajstić information content (AvgIpc) is 3.40. The van der Waals surface area contributed by atoms with Crippen molar-refractivity contribution < 1.29 is 9.13 Å². The number of aromatic nitrogens is 4. The van der Waals surface area contributed by atoms with Crippen molar-refractivity contribution in [1.29, 1.82) is 0 Å². The van der Waals surface area contributed by atoms with Gasteiger partial charge in [0.25, 0.3) is 0 Å². The Hall–Kier alpha value is -3.45. The molecule has 0 fully saturated rings. The van der Waals surface area contributed by atoms with Crippen LogP contribution in [-0.2, 0) is 0 Å². The lowest BCUT2D eigenvalue weighted by atomic mass is 10.0. The van der Waals surface area contributed by atoms with E-state index in [1.807, 2.05) is 12.1 Å². The topological polar surface area (TPSA) is 78.6 Å². The normalized spacial score (nSPS) is 14.2. The maximum Gasteiger partial charge on any atom is 0.127 e. The third-order valence-corrected chi connectivity index (χ3v) is 5.23. The Morgan fingerprint density at radius 2 is 2.00 bits per heavy atom. The highest BCUT2D eigenvalue weighted by atomic mass is 19.1. The maximum atomic E-state index is 14.0. The number of methoxy groups -OCH3 is 1. The van der Waals surface area contributed by atoms with E-state index in [9.17, 15) is 4.39 Å². The van der Waals surface area contributed by atoms with Crippen LogP contribution in [0.2, 0.25) is 0 Å². The zero-order chi connectivity index (χ0) is 19.8. The van der Waals surface area contributed by atoms with Gasteiger partial charge in [0.15, 0.2) is 0 Å². The predicted octanol–water partition coefficient (Wildman–Crippen LogP) is 4.14. The molecule has 0 spiro atoms. The number of ether oxygens (including phenoxy) is 1. The number of hydrogen-bond donors (Lipinski definition) is 3. The summed E-state index contributed by atoms with van der Waals surface area (Å²) in [7, 11) is 1.53. The molecule has 4 heterocycles. The van der Waals surface area contributed by atoms with Crippen molar-refractivity contribution in [2.24, 2.45) is 0 Å². The summed E-state index contributed by atoms with van der Waals surface area (Å²) in [6.07, 6.45) is 6.67. The van der Waals surface area contributed by atoms with Gasteiger partial charge in [0, 0.05) is 29.8 Å². The minimum Gasteiger partial charge on any atom is -0.497 e. The lowest BCUT2D eigenvalue weighted by molar-refractivity contribution is 0.411. The van der Waals surface area contributed by atoms with Gasteiger partial charge in [-0.15, -0.1) is 0 Å². The van der Waals surface area contributed by atoms with Gasteiger partial charge in [-0.2, -0.15) is 5.10 Å². The Kier molecular flexibility index (Phi) is 4.37. The molecule has 3 N–H and O–H groups in total. The fraction of sp³-hybridized carbons (Fsp3) is 0.182. The molecule has 0 radical (unpaired) electrons. The van der Waals surface area contributed by atoms with Crippen LogP contribution in [0.1, 0.15) is 12.1 Å². The van der Waals surface area contributed by atoms with E-state index in [0.717, 1.165) is 53.1 Å². The standard InChI is InChI=1S/C22H20FN5O/c1-29-16-7-14(6-15(23)8-16)18-11-25-12-22-17(18)9-20(26-22)21-10-19(27-28-21)13-2-4-24-5-3-13/h2,6-12,24,26H,3-5H2,1H3,(H,27,28). The van der Waals surface area contributed by atoms with Crippen LogP contribution in [0.3, 0.4) is 0 Å². The number of benzene rings is 1. The summed E-state index contributed by atoms with van der Waals surface area (Å²) in [5.41, 5.74) is 6.44. The van der Waals surface area contributed by atoms with E-state index >= 15 is 0 Å². The Labute approximate surface area is 166 Å². The minimum absolute atomic E-state index is 0.348. The number of pyridine rings is 1. The van der Waals surface area contributed by atoms with Crippen molar-refractivity contribution in [1.82, 2.24) is 25.5 Å². The molecule has 5 rings (SSSR count). The van der Waals surface area contributed by atoms with Crippen molar-refractivity contribution in [3.63, 3.8) is 0 Å². The fourth-order valence-electron chi connectivity index (χ4n) is 3.75. The number of hydrogen-bond acceptors (Lipinski definition) is 4. The smallest absolute Gasteiger partial charge is 0.127 e. The Bertz CT molecular complexity index is 1220. The van der Waals surface area contributed by atoms with Crippen molar-refractivity contribution in [2.45, 2.75) is 6.42 Å². The highest BCUT2D eigenvalue weighted by Crippen LogP contribution is 2.33. The van der Waals surface area contributed by atoms with Gasteiger partial charge < -0.3 is 15.0 Å². The first-order valence-corrected chi connectivity index (χ1v) is 9.49. The van der Waals surface area contributed by atoms with Crippen LogP contribution in [0.25, 0.3) is 39.0 Å². The van der Waals surface area contributed by atoms with Crippen molar-refractivity contribution in [2.75, 3.05) is 20.2 Å². The van der Waals surface area contributed by atoms with E-state index in [2.05, 4.69) is 37.6 Å². The maximum absolute atomic E-state index is 14.0. The molecule has 4 aromatic rings. The van der Waals surface area contributed by atoms with Crippen LogP contribution >= 0.6 is 0 Å². The third kappa shape index (κ3) is 3.30. The molecule has 0 aliphatic carbocycles. The molecule has 0 atom stereocenters. The van der Waals surface area contributed by atoms with Gasteiger partial charge in [-0.25, -0.2) is 4.39 Å². The zero-order valence-corrected chi connectivity index (χ0v) is 15.9. The molecule has 3 aromatic heterocycles. The van der Waals surface area contributed by atoms with Crippen molar-refractivity contribution in [3.8, 4) is 28.3 Å². The molecule has 0 saturated carbocycles. The second-order valence-corrected chi connectivity index (χ2v) is 7.06. The second kappa shape index (κ2) is 7.18. The monoisotopic (exact) mass is 389 g/mol. The molecule has 0 saturated heterocycles. The molecule has 146 valence electrons. The highest BCUT2D eigenvalue weighted by molar-refractivity contribution is 5.97. The first kappa shape index (κ1) is 17.6. The summed E-state index contributed by atoms with van der Waals surface area (Å²) >= 11 is 0. The number of H-pyrrole nitrogens is 2. The van der Waals surface area contributed by atoms with Crippen LogP contribution < -0.4 is 10.1 Å². The van der Waals surface area contributed by atoms with E-state index < -0.39 is 0 Å². The minimum atomic E-state index is -0.348. The zero-order valence-electron chi connectivity index (χ0n) is 15.9. The van der Waals surface area contributed by atoms with Gasteiger partial charge in [-0.3, -0.25) is 10.1 Å². The predicted molar refractivity (Wildman–Crippen MR) is 111 cm³/mol. The number of nitrogens with zero attached hydrogens (tertiary/aromatic N) is 2. The largest absolute Gasteiger partial charge is 0.497 e. The van der Waals surface area contributed by atoms with Crippen LogP contribution in [0.5, 0.6) is 5.75 Å². The van der Waals surface area contributed by atoms with Gasteiger partial charge in [0.1, 0.15) is 17.3 Å². The van der Waals surface area contributed by atoms with Gasteiger partial charge in [0.05, 0.1) is 30.2 Å². The average molecular weight is 389 g/mol. The summed E-state index contributed by atoms with van der Waals surface area (Å²) in [5, 5.41) is 11.9. The second-order valence-electron chi connectivity index (χ2n) is 7.06. The first-order valence-electron chi connectivity index (χ1n) is 9.49. The summed E-state index contributed by atoms with van der Waals surface area (Å²) in [4.78, 5) is 7.70. The molecule has 0 bridgehead atoms. The Morgan fingerprint density at radius 3 is 2.83 bits per heavy atom. The van der Waals surface area contributed by atoms with E-state index in [4.69, 9.17) is 4.74 Å². The Morgan fingerprint density at radius 1 is 1.07 bits per heavy atom. The fourth-order valence-corrected chi connectivity index (χ4v) is 3.75. The lowest BCUT2D eigenvalue weighted by Gasteiger charge is -2.11. The number of aromatic amines is 2. The molecule has 29 heavy (non-hydrogen) atoms. The van der Waals surface area contributed by atoms with Crippen molar-refractivity contribution >= 4 is 16.5 Å². The van der Waals surface area contributed by atoms with Gasteiger partial charge >= 0.3 is 0 Å². The molecular weight excluding hydrogens is 369 g/mol. The highest BCUT2D eigenvalue weighted by Gasteiger charge is 2.14. The van der Waals surface area contributed by atoms with E-state index in [1.54, 1.807) is 12.4 Å². The molecule has 7 heteroatoms.